The predicted molar refractivity (Wildman–Crippen MR) is 255 cm³/mol. The quantitative estimate of drug-likeness (QED) is 0.0144. The second-order valence-corrected chi connectivity index (χ2v) is 16.6. The van der Waals surface area contributed by atoms with Gasteiger partial charge in [0.1, 0.15) is 42.3 Å². The highest BCUT2D eigenvalue weighted by atomic mass is 19.4. The van der Waals surface area contributed by atoms with Gasteiger partial charge in [0.2, 0.25) is 0 Å². The third-order valence-corrected chi connectivity index (χ3v) is 11.3. The van der Waals surface area contributed by atoms with Gasteiger partial charge in [-0.1, -0.05) is 24.1 Å². The third kappa shape index (κ3) is 14.3. The number of fused-ring (bicyclic) bond motifs is 1. The van der Waals surface area contributed by atoms with Crippen molar-refractivity contribution in [1.82, 2.24) is 24.9 Å². The number of alkyl halides is 4. The average Bonchev–Trinajstić information content (AvgIpc) is 3.82. The maximum atomic E-state index is 14.8. The summed E-state index contributed by atoms with van der Waals surface area (Å²) in [6.45, 7) is 8.25. The summed E-state index contributed by atoms with van der Waals surface area (Å²) < 4.78 is 79.4. The largest absolute Gasteiger partial charge is 0.491 e. The van der Waals surface area contributed by atoms with Crippen molar-refractivity contribution in [2.45, 2.75) is 65.1 Å². The number of aromatic nitrogens is 3. The minimum Gasteiger partial charge on any atom is -0.491 e. The van der Waals surface area contributed by atoms with E-state index < -0.39 is 24.9 Å². The summed E-state index contributed by atoms with van der Waals surface area (Å²) in [6, 6.07) is 14.9. The minimum atomic E-state index is -4.47. The monoisotopic (exact) mass is 945 g/mol. The number of anilines is 3. The molecule has 5 aromatic rings. The van der Waals surface area contributed by atoms with Crippen LogP contribution >= 0.6 is 0 Å². The van der Waals surface area contributed by atoms with E-state index in [1.165, 1.54) is 6.20 Å². The number of aryl methyl sites for hydroxylation is 2. The Morgan fingerprint density at radius 2 is 1.90 bits per heavy atom. The van der Waals surface area contributed by atoms with Gasteiger partial charge in [0, 0.05) is 59.8 Å². The number of nitrogens with two attached hydrogens (primary N) is 1. The number of H-pyrrole nitrogens is 1. The van der Waals surface area contributed by atoms with Gasteiger partial charge in [0.25, 0.3) is 11.5 Å². The van der Waals surface area contributed by atoms with Crippen LogP contribution in [0.2, 0.25) is 0 Å². The lowest BCUT2D eigenvalue weighted by Gasteiger charge is -2.33. The Labute approximate surface area is 392 Å². The molecule has 364 valence electrons. The minimum absolute atomic E-state index is 0.143. The molecule has 0 bridgehead atoms. The number of piperidine rings is 1. The van der Waals surface area contributed by atoms with Crippen molar-refractivity contribution >= 4 is 33.9 Å². The van der Waals surface area contributed by atoms with Crippen molar-refractivity contribution in [2.75, 3.05) is 75.6 Å². The molecule has 0 spiro atoms. The van der Waals surface area contributed by atoms with Crippen molar-refractivity contribution in [2.24, 2.45) is 11.7 Å². The second-order valence-electron chi connectivity index (χ2n) is 16.6. The first-order chi connectivity index (χ1) is 32.6. The van der Waals surface area contributed by atoms with E-state index in [2.05, 4.69) is 43.2 Å². The smallest absolute Gasteiger partial charge is 0.406 e. The summed E-state index contributed by atoms with van der Waals surface area (Å²) in [6.07, 6.45) is 1.30. The number of hydrogen-bond donors (Lipinski definition) is 6. The zero-order valence-corrected chi connectivity index (χ0v) is 38.8. The number of rotatable bonds is 21. The highest BCUT2D eigenvalue weighted by molar-refractivity contribution is 5.94. The molecule has 4 heterocycles. The van der Waals surface area contributed by atoms with Crippen LogP contribution in [-0.4, -0.2) is 110 Å². The molecule has 68 heavy (non-hydrogen) atoms. The van der Waals surface area contributed by atoms with E-state index >= 15 is 0 Å². The maximum Gasteiger partial charge on any atom is 0.406 e. The van der Waals surface area contributed by atoms with E-state index in [1.54, 1.807) is 66.9 Å². The fourth-order valence-electron chi connectivity index (χ4n) is 7.67. The summed E-state index contributed by atoms with van der Waals surface area (Å²) in [5.41, 5.74) is 9.92. The van der Waals surface area contributed by atoms with Crippen molar-refractivity contribution in [1.29, 1.82) is 0 Å². The molecule has 3 aromatic heterocycles. The number of amides is 1. The van der Waals surface area contributed by atoms with Crippen LogP contribution in [0.3, 0.4) is 0 Å². The van der Waals surface area contributed by atoms with Crippen molar-refractivity contribution in [3.05, 3.63) is 112 Å². The molecule has 4 atom stereocenters. The fraction of sp³-hybridized carbons (Fsp3) is 0.408. The van der Waals surface area contributed by atoms with Gasteiger partial charge in [0.05, 0.1) is 42.7 Å². The normalized spacial score (nSPS) is 16.5. The van der Waals surface area contributed by atoms with Crippen molar-refractivity contribution < 1.29 is 41.1 Å². The predicted octanol–water partition coefficient (Wildman–Crippen LogP) is 7.10. The number of nitrogens with zero attached hydrogens (tertiary/aromatic N) is 3. The van der Waals surface area contributed by atoms with Gasteiger partial charge >= 0.3 is 6.18 Å². The number of allylic oxidation sites excluding steroid dienone is 1. The molecule has 1 amide bonds. The number of nitrogens with one attached hydrogen (secondary N) is 5. The number of likely N-dealkylation sites (tertiary alicyclic amines) is 1. The Morgan fingerprint density at radius 1 is 1.10 bits per heavy atom. The highest BCUT2D eigenvalue weighted by Crippen LogP contribution is 2.32. The molecule has 0 radical (unpaired) electrons. The number of halogens is 4. The van der Waals surface area contributed by atoms with Crippen LogP contribution in [0, 0.1) is 31.6 Å². The first-order valence-corrected chi connectivity index (χ1v) is 22.3. The molecule has 6 rings (SSSR count). The molecule has 15 nitrogen and oxygen atoms in total. The van der Waals surface area contributed by atoms with Crippen molar-refractivity contribution in [3.63, 3.8) is 0 Å². The molecule has 0 saturated carbocycles. The van der Waals surface area contributed by atoms with Gasteiger partial charge in [-0.05, 0) is 113 Å². The molecule has 7 N–H and O–H groups in total. The van der Waals surface area contributed by atoms with E-state index in [9.17, 15) is 27.2 Å². The Morgan fingerprint density at radius 3 is 2.62 bits per heavy atom. The van der Waals surface area contributed by atoms with Gasteiger partial charge in [0.15, 0.2) is 6.61 Å². The van der Waals surface area contributed by atoms with E-state index in [-0.39, 0.29) is 75.2 Å². The second kappa shape index (κ2) is 23.7. The third-order valence-electron chi connectivity index (χ3n) is 11.3. The highest BCUT2D eigenvalue weighted by Gasteiger charge is 2.31. The molecule has 0 aliphatic carbocycles. The number of hydrogen-bond acceptors (Lipinski definition) is 12. The zero-order valence-electron chi connectivity index (χ0n) is 38.8. The molecule has 2 aromatic carbocycles. The van der Waals surface area contributed by atoms with Crippen LogP contribution in [0.1, 0.15) is 37.4 Å². The van der Waals surface area contributed by atoms with Gasteiger partial charge < -0.3 is 60.2 Å². The molecule has 1 fully saturated rings. The number of pyridine rings is 1. The molecule has 1 aliphatic heterocycles. The lowest BCUT2D eigenvalue weighted by molar-refractivity contribution is -0.140. The molecule has 19 heteroatoms. The number of ether oxygens (including phenoxy) is 3. The molecule has 1 unspecified atom stereocenters. The van der Waals surface area contributed by atoms with E-state index in [1.807, 2.05) is 45.7 Å². The van der Waals surface area contributed by atoms with Gasteiger partial charge in [-0.3, -0.25) is 9.59 Å². The molecular weight excluding hydrogens is 887 g/mol. The van der Waals surface area contributed by atoms with Crippen LogP contribution in [-0.2, 0) is 20.8 Å². The van der Waals surface area contributed by atoms with E-state index in [4.69, 9.17) is 24.5 Å². The Balaban J connectivity index is 0.890. The average molecular weight is 946 g/mol. The first-order valence-electron chi connectivity index (χ1n) is 22.3. The fourth-order valence-corrected chi connectivity index (χ4v) is 7.67. The SMILES string of the molecule is Cc1noc(C)c1-c1c[nH]c(=O)c(N[C@H](C)C(C)/C=C(\C=C/N)OCC(=O)NCCOCCOc2ccc(NCC#Cc3cc4c(N[C@@H]5CCN(C)C[C@@H]5F)cccc4n3CC(F)(F)F)cc2)c1. The van der Waals surface area contributed by atoms with Crippen molar-refractivity contribution in [3.8, 4) is 28.7 Å². The summed E-state index contributed by atoms with van der Waals surface area (Å²) in [4.78, 5) is 29.8. The summed E-state index contributed by atoms with van der Waals surface area (Å²) >= 11 is 0. The Hall–Kier alpha value is -6.91. The zero-order chi connectivity index (χ0) is 48.8. The summed E-state index contributed by atoms with van der Waals surface area (Å²) in [5.74, 6) is 6.97. The van der Waals surface area contributed by atoms with E-state index in [0.29, 0.717) is 58.2 Å². The number of aromatic amines is 1. The Bertz CT molecular complexity index is 2630. The molecule has 1 saturated heterocycles. The first kappa shape index (κ1) is 50.5. The lowest BCUT2D eigenvalue weighted by Crippen LogP contribution is -2.46. The number of carbonyl (C=O) groups is 1. The summed E-state index contributed by atoms with van der Waals surface area (Å²) in [5, 5.41) is 17.0. The number of carbonyl (C=O) groups excluding carboxylic acids is 1. The van der Waals surface area contributed by atoms with Crippen LogP contribution in [0.15, 0.2) is 94.2 Å². The standard InChI is InChI=1S/C49H59F4N9O6/c1-31(32(2)58-44-25-35(27-57-48(44)64)47-33(3)60-68-34(47)4)24-39(15-17-54)67-29-46(63)56-19-21-65-22-23-66-38-13-11-36(12-14-38)55-18-7-8-37-26-40-42(59-43-16-20-61(5)28-41(43)50)9-6-10-45(40)62(37)30-49(51,52)53/h6,9-15,17,24-27,31-32,41,43,55,58-59H,16,18-23,28-30,54H2,1-5H3,(H,56,63)(H,57,64)/b17-15-,39-24+/t31?,32-,41+,43-/m1/s1. The number of benzene rings is 2. The lowest BCUT2D eigenvalue weighted by atomic mass is 10.0. The maximum absolute atomic E-state index is 14.8. The van der Waals surface area contributed by atoms with Crippen LogP contribution in [0.25, 0.3) is 22.0 Å². The Kier molecular flexibility index (Phi) is 17.6. The molecular formula is C49H59F4N9O6. The van der Waals surface area contributed by atoms with E-state index in [0.717, 1.165) is 21.4 Å². The van der Waals surface area contributed by atoms with Crippen LogP contribution in [0.5, 0.6) is 5.75 Å². The van der Waals surface area contributed by atoms with Gasteiger partial charge in [-0.2, -0.15) is 13.2 Å². The molecule has 1 aliphatic rings. The van der Waals surface area contributed by atoms with Crippen LogP contribution < -0.4 is 37.3 Å². The topological polar surface area (TPSA) is 186 Å². The van der Waals surface area contributed by atoms with Crippen LogP contribution in [0.4, 0.5) is 34.6 Å². The summed E-state index contributed by atoms with van der Waals surface area (Å²) in [7, 11) is 1.86. The van der Waals surface area contributed by atoms with Gasteiger partial charge in [-0.25, -0.2) is 4.39 Å². The van der Waals surface area contributed by atoms with Gasteiger partial charge in [-0.15, -0.1) is 0 Å².